The highest BCUT2D eigenvalue weighted by atomic mass is 32.2. The Hall–Kier alpha value is -1.13. The van der Waals surface area contributed by atoms with Gasteiger partial charge in [-0.1, -0.05) is 29.2 Å². The summed E-state index contributed by atoms with van der Waals surface area (Å²) in [6, 6.07) is -0.197. The lowest BCUT2D eigenvalue weighted by molar-refractivity contribution is -0.129. The van der Waals surface area contributed by atoms with E-state index < -0.39 is 9.84 Å². The van der Waals surface area contributed by atoms with Crippen LogP contribution in [0.3, 0.4) is 0 Å². The van der Waals surface area contributed by atoms with Crippen LogP contribution in [-0.4, -0.2) is 65.8 Å². The van der Waals surface area contributed by atoms with Crippen molar-refractivity contribution in [1.82, 2.24) is 15.1 Å². The Kier molecular flexibility index (Phi) is 6.42. The van der Waals surface area contributed by atoms with Crippen LogP contribution in [0, 0.1) is 0 Å². The van der Waals surface area contributed by atoms with Crippen molar-refractivity contribution in [3.8, 4) is 0 Å². The SMILES string of the molecule is C=CCNc1nnc(SCC(=O)N(CC)[C@H]2CCS(=O)(=O)C2)s1. The molecule has 1 N–H and O–H groups in total. The third kappa shape index (κ3) is 5.18. The van der Waals surface area contributed by atoms with Gasteiger partial charge in [0.05, 0.1) is 17.3 Å². The zero-order valence-corrected chi connectivity index (χ0v) is 15.3. The van der Waals surface area contributed by atoms with Crippen molar-refractivity contribution in [2.24, 2.45) is 0 Å². The lowest BCUT2D eigenvalue weighted by Gasteiger charge is -2.26. The van der Waals surface area contributed by atoms with Crippen LogP contribution in [0.15, 0.2) is 17.0 Å². The average molecular weight is 377 g/mol. The Morgan fingerprint density at radius 1 is 1.57 bits per heavy atom. The van der Waals surface area contributed by atoms with Gasteiger partial charge in [0.2, 0.25) is 11.0 Å². The molecule has 1 aromatic rings. The number of carbonyl (C=O) groups is 1. The summed E-state index contributed by atoms with van der Waals surface area (Å²) >= 11 is 2.70. The van der Waals surface area contributed by atoms with Gasteiger partial charge >= 0.3 is 0 Å². The largest absolute Gasteiger partial charge is 0.357 e. The summed E-state index contributed by atoms with van der Waals surface area (Å²) in [5.41, 5.74) is 0. The number of carbonyl (C=O) groups excluding carboxylic acids is 1. The van der Waals surface area contributed by atoms with Crippen LogP contribution in [0.25, 0.3) is 0 Å². The van der Waals surface area contributed by atoms with Gasteiger partial charge in [-0.05, 0) is 13.3 Å². The summed E-state index contributed by atoms with van der Waals surface area (Å²) < 4.78 is 23.9. The Bertz CT molecular complexity index is 659. The standard InChI is InChI=1S/C13H20N4O3S3/c1-3-6-14-12-15-16-13(22-12)21-8-11(18)17(4-2)10-5-7-23(19,20)9-10/h3,10H,1,4-9H2,2H3,(H,14,15)/t10-/m0/s1. The molecule has 0 aliphatic carbocycles. The highest BCUT2D eigenvalue weighted by Gasteiger charge is 2.33. The molecule has 1 aromatic heterocycles. The van der Waals surface area contributed by atoms with E-state index in [1.165, 1.54) is 23.1 Å². The molecule has 2 heterocycles. The van der Waals surface area contributed by atoms with Crippen molar-refractivity contribution in [2.45, 2.75) is 23.7 Å². The summed E-state index contributed by atoms with van der Waals surface area (Å²) in [6.07, 6.45) is 2.26. The number of hydrogen-bond acceptors (Lipinski definition) is 8. The molecule has 0 unspecified atom stereocenters. The van der Waals surface area contributed by atoms with Crippen LogP contribution in [0.2, 0.25) is 0 Å². The second-order valence-corrected chi connectivity index (χ2v) is 9.50. The van der Waals surface area contributed by atoms with Gasteiger partial charge in [0.25, 0.3) is 0 Å². The minimum absolute atomic E-state index is 0.0598. The number of anilines is 1. The second kappa shape index (κ2) is 8.11. The molecule has 0 bridgehead atoms. The minimum Gasteiger partial charge on any atom is -0.357 e. The maximum atomic E-state index is 12.4. The van der Waals surface area contributed by atoms with E-state index in [9.17, 15) is 13.2 Å². The van der Waals surface area contributed by atoms with Gasteiger partial charge in [-0.3, -0.25) is 4.79 Å². The highest BCUT2D eigenvalue weighted by Crippen LogP contribution is 2.26. The molecule has 2 rings (SSSR count). The first-order valence-electron chi connectivity index (χ1n) is 7.26. The number of hydrogen-bond donors (Lipinski definition) is 1. The summed E-state index contributed by atoms with van der Waals surface area (Å²) in [5.74, 6) is 0.422. The zero-order valence-electron chi connectivity index (χ0n) is 12.9. The Balaban J connectivity index is 1.87. The van der Waals surface area contributed by atoms with E-state index in [-0.39, 0.29) is 29.2 Å². The van der Waals surface area contributed by atoms with E-state index >= 15 is 0 Å². The van der Waals surface area contributed by atoms with Crippen molar-refractivity contribution >= 4 is 44.0 Å². The summed E-state index contributed by atoms with van der Waals surface area (Å²) in [6.45, 7) is 6.61. The van der Waals surface area contributed by atoms with Gasteiger partial charge in [-0.25, -0.2) is 8.42 Å². The lowest BCUT2D eigenvalue weighted by Crippen LogP contribution is -2.41. The maximum absolute atomic E-state index is 12.4. The van der Waals surface area contributed by atoms with Gasteiger partial charge in [0.1, 0.15) is 0 Å². The fraction of sp³-hybridized carbons (Fsp3) is 0.615. The molecule has 128 valence electrons. The zero-order chi connectivity index (χ0) is 16.9. The molecule has 1 amide bonds. The molecule has 1 aliphatic rings. The molecule has 23 heavy (non-hydrogen) atoms. The number of thioether (sulfide) groups is 1. The second-order valence-electron chi connectivity index (χ2n) is 5.07. The van der Waals surface area contributed by atoms with Crippen LogP contribution in [0.4, 0.5) is 5.13 Å². The minimum atomic E-state index is -2.99. The first-order chi connectivity index (χ1) is 10.9. The van der Waals surface area contributed by atoms with E-state index in [4.69, 9.17) is 0 Å². The van der Waals surface area contributed by atoms with Gasteiger partial charge < -0.3 is 10.2 Å². The fourth-order valence-corrected chi connectivity index (χ4v) is 5.74. The molecule has 1 fully saturated rings. The van der Waals surface area contributed by atoms with Crippen LogP contribution in [0.1, 0.15) is 13.3 Å². The van der Waals surface area contributed by atoms with Gasteiger partial charge in [-0.2, -0.15) is 0 Å². The normalized spacial score (nSPS) is 19.4. The van der Waals surface area contributed by atoms with E-state index in [0.29, 0.717) is 29.0 Å². The quantitative estimate of drug-likeness (QED) is 0.539. The van der Waals surface area contributed by atoms with E-state index in [0.717, 1.165) is 0 Å². The van der Waals surface area contributed by atoms with Crippen LogP contribution >= 0.6 is 23.1 Å². The van der Waals surface area contributed by atoms with Crippen molar-refractivity contribution in [1.29, 1.82) is 0 Å². The molecule has 1 atom stereocenters. The third-order valence-electron chi connectivity index (χ3n) is 3.43. The average Bonchev–Trinajstić information content (AvgIpc) is 3.10. The number of amides is 1. The fourth-order valence-electron chi connectivity index (χ4n) is 2.36. The third-order valence-corrected chi connectivity index (χ3v) is 7.18. The van der Waals surface area contributed by atoms with Crippen LogP contribution < -0.4 is 5.32 Å². The number of aromatic nitrogens is 2. The first kappa shape index (κ1) is 18.2. The molecule has 0 radical (unpaired) electrons. The summed E-state index contributed by atoms with van der Waals surface area (Å²) in [5, 5.41) is 11.7. The lowest BCUT2D eigenvalue weighted by atomic mass is 10.2. The Labute approximate surface area is 144 Å². The van der Waals surface area contributed by atoms with Crippen LogP contribution in [0.5, 0.6) is 0 Å². The van der Waals surface area contributed by atoms with Crippen molar-refractivity contribution in [3.05, 3.63) is 12.7 Å². The Morgan fingerprint density at radius 3 is 2.96 bits per heavy atom. The van der Waals surface area contributed by atoms with Gasteiger partial charge in [0.15, 0.2) is 14.2 Å². The van der Waals surface area contributed by atoms with Crippen molar-refractivity contribution < 1.29 is 13.2 Å². The number of rotatable bonds is 8. The van der Waals surface area contributed by atoms with Crippen molar-refractivity contribution in [2.75, 3.05) is 35.7 Å². The molecule has 0 aromatic carbocycles. The number of nitrogens with zero attached hydrogens (tertiary/aromatic N) is 3. The van der Waals surface area contributed by atoms with Crippen molar-refractivity contribution in [3.63, 3.8) is 0 Å². The topological polar surface area (TPSA) is 92.3 Å². The summed E-state index contributed by atoms with van der Waals surface area (Å²) in [7, 11) is -2.99. The van der Waals surface area contributed by atoms with E-state index in [1.807, 2.05) is 6.92 Å². The molecule has 7 nitrogen and oxygen atoms in total. The number of sulfone groups is 1. The van der Waals surface area contributed by atoms with Crippen LogP contribution in [-0.2, 0) is 14.6 Å². The molecular weight excluding hydrogens is 356 g/mol. The molecular formula is C13H20N4O3S3. The summed E-state index contributed by atoms with van der Waals surface area (Å²) in [4.78, 5) is 14.0. The van der Waals surface area contributed by atoms with E-state index in [2.05, 4.69) is 22.1 Å². The predicted octanol–water partition coefficient (Wildman–Crippen LogP) is 1.26. The molecule has 0 saturated carbocycles. The van der Waals surface area contributed by atoms with E-state index in [1.54, 1.807) is 11.0 Å². The Morgan fingerprint density at radius 2 is 2.35 bits per heavy atom. The number of nitrogens with one attached hydrogen (secondary N) is 1. The maximum Gasteiger partial charge on any atom is 0.233 e. The molecule has 10 heteroatoms. The molecule has 0 spiro atoms. The van der Waals surface area contributed by atoms with Gasteiger partial charge in [0, 0.05) is 19.1 Å². The smallest absolute Gasteiger partial charge is 0.233 e. The molecule has 1 aliphatic heterocycles. The highest BCUT2D eigenvalue weighted by molar-refractivity contribution is 8.01. The monoisotopic (exact) mass is 376 g/mol. The van der Waals surface area contributed by atoms with Gasteiger partial charge in [-0.15, -0.1) is 16.8 Å². The predicted molar refractivity (Wildman–Crippen MR) is 93.8 cm³/mol. The first-order valence-corrected chi connectivity index (χ1v) is 10.9. The molecule has 1 saturated heterocycles.